The number of ether oxygens (including phenoxy) is 2. The predicted octanol–water partition coefficient (Wildman–Crippen LogP) is 3.35. The summed E-state index contributed by atoms with van der Waals surface area (Å²) in [6.45, 7) is 3.79. The zero-order valence-corrected chi connectivity index (χ0v) is 17.2. The van der Waals surface area contributed by atoms with Crippen LogP contribution in [0.5, 0.6) is 11.5 Å². The maximum atomic E-state index is 12.7. The maximum Gasteiger partial charge on any atom is 0.283 e. The molecule has 30 heavy (non-hydrogen) atoms. The molecular weight excluding hydrogens is 406 g/mol. The summed E-state index contributed by atoms with van der Waals surface area (Å²) in [7, 11) is 0. The van der Waals surface area contributed by atoms with E-state index in [1.807, 2.05) is 42.7 Å². The topological polar surface area (TPSA) is 81.6 Å². The Kier molecular flexibility index (Phi) is 5.37. The highest BCUT2D eigenvalue weighted by Crippen LogP contribution is 2.30. The van der Waals surface area contributed by atoms with E-state index in [9.17, 15) is 9.59 Å². The van der Waals surface area contributed by atoms with Gasteiger partial charge < -0.3 is 14.0 Å². The fourth-order valence-electron chi connectivity index (χ4n) is 3.42. The van der Waals surface area contributed by atoms with Crippen molar-refractivity contribution in [3.05, 3.63) is 76.6 Å². The van der Waals surface area contributed by atoms with E-state index in [1.54, 1.807) is 30.3 Å². The highest BCUT2D eigenvalue weighted by atomic mass is 35.5. The second-order valence-electron chi connectivity index (χ2n) is 6.91. The van der Waals surface area contributed by atoms with E-state index in [1.165, 1.54) is 0 Å². The summed E-state index contributed by atoms with van der Waals surface area (Å²) < 4.78 is 13.1. The van der Waals surface area contributed by atoms with Crippen LogP contribution in [0.15, 0.2) is 54.6 Å². The van der Waals surface area contributed by atoms with E-state index in [0.29, 0.717) is 22.1 Å². The Labute approximate surface area is 178 Å². The summed E-state index contributed by atoms with van der Waals surface area (Å²) in [6, 6.07) is 16.2. The van der Waals surface area contributed by atoms with E-state index in [2.05, 4.69) is 10.9 Å². The number of nitrogens with one attached hydrogen (secondary N) is 2. The number of hydrazine groups is 1. The van der Waals surface area contributed by atoms with Gasteiger partial charge in [0.1, 0.15) is 6.61 Å². The van der Waals surface area contributed by atoms with E-state index in [0.717, 1.165) is 17.1 Å². The molecule has 3 aromatic rings. The van der Waals surface area contributed by atoms with Crippen LogP contribution in [-0.2, 0) is 4.79 Å². The molecular formula is C22H20ClN3O4. The summed E-state index contributed by atoms with van der Waals surface area (Å²) in [5, 5.41) is 0.606. The number of amides is 2. The van der Waals surface area contributed by atoms with Crippen molar-refractivity contribution in [1.29, 1.82) is 0 Å². The fraction of sp³-hybridized carbons (Fsp3) is 0.182. The summed E-state index contributed by atoms with van der Waals surface area (Å²) >= 11 is 6.10. The molecule has 1 unspecified atom stereocenters. The highest BCUT2D eigenvalue weighted by Gasteiger charge is 2.28. The van der Waals surface area contributed by atoms with Gasteiger partial charge in [0.05, 0.1) is 5.56 Å². The molecule has 0 fully saturated rings. The normalized spacial score (nSPS) is 14.8. The van der Waals surface area contributed by atoms with Crippen molar-refractivity contribution in [2.75, 3.05) is 6.61 Å². The van der Waals surface area contributed by atoms with Gasteiger partial charge >= 0.3 is 0 Å². The number of halogens is 1. The summed E-state index contributed by atoms with van der Waals surface area (Å²) in [5.74, 6) is 0.141. The molecule has 0 spiro atoms. The molecule has 2 heterocycles. The summed E-state index contributed by atoms with van der Waals surface area (Å²) in [4.78, 5) is 25.1. The Morgan fingerprint density at radius 1 is 1.03 bits per heavy atom. The third-order valence-corrected chi connectivity index (χ3v) is 5.08. The number of nitrogens with zero attached hydrogens (tertiary/aromatic N) is 1. The van der Waals surface area contributed by atoms with Gasteiger partial charge in [-0.2, -0.15) is 0 Å². The maximum absolute atomic E-state index is 12.7. The molecule has 1 aromatic heterocycles. The smallest absolute Gasteiger partial charge is 0.283 e. The monoisotopic (exact) mass is 425 g/mol. The number of hydrogen-bond acceptors (Lipinski definition) is 4. The fourth-order valence-corrected chi connectivity index (χ4v) is 3.60. The molecule has 8 heteroatoms. The number of hydrogen-bond donors (Lipinski definition) is 2. The first kappa shape index (κ1) is 19.8. The van der Waals surface area contributed by atoms with Crippen LogP contribution in [0.4, 0.5) is 0 Å². The molecule has 1 aliphatic rings. The van der Waals surface area contributed by atoms with Crippen molar-refractivity contribution in [2.24, 2.45) is 0 Å². The van der Waals surface area contributed by atoms with Gasteiger partial charge in [-0.15, -0.1) is 0 Å². The third-order valence-electron chi connectivity index (χ3n) is 4.84. The van der Waals surface area contributed by atoms with Gasteiger partial charge in [-0.1, -0.05) is 29.8 Å². The third kappa shape index (κ3) is 3.84. The molecule has 2 N–H and O–H groups in total. The van der Waals surface area contributed by atoms with Crippen molar-refractivity contribution in [3.8, 4) is 17.2 Å². The van der Waals surface area contributed by atoms with Gasteiger partial charge in [0, 0.05) is 22.1 Å². The molecule has 1 aliphatic heterocycles. The average molecular weight is 426 g/mol. The Bertz CT molecular complexity index is 1130. The Morgan fingerprint density at radius 3 is 2.57 bits per heavy atom. The lowest BCUT2D eigenvalue weighted by atomic mass is 10.2. The molecule has 0 radical (unpaired) electrons. The summed E-state index contributed by atoms with van der Waals surface area (Å²) in [6.07, 6.45) is -0.862. The van der Waals surface area contributed by atoms with Crippen molar-refractivity contribution in [1.82, 2.24) is 15.4 Å². The minimum absolute atomic E-state index is 0.0575. The number of para-hydroxylation sites is 2. The number of benzene rings is 2. The average Bonchev–Trinajstić information content (AvgIpc) is 3.05. The molecule has 7 nitrogen and oxygen atoms in total. The molecule has 0 bridgehead atoms. The van der Waals surface area contributed by atoms with Gasteiger partial charge in [-0.3, -0.25) is 20.4 Å². The number of aromatic nitrogens is 1. The zero-order valence-electron chi connectivity index (χ0n) is 16.4. The second-order valence-corrected chi connectivity index (χ2v) is 7.34. The first-order valence-corrected chi connectivity index (χ1v) is 9.75. The predicted molar refractivity (Wildman–Crippen MR) is 112 cm³/mol. The molecule has 2 aromatic carbocycles. The van der Waals surface area contributed by atoms with E-state index in [4.69, 9.17) is 21.1 Å². The number of fused-ring (bicyclic) bond motifs is 1. The molecule has 0 saturated carbocycles. The first-order chi connectivity index (χ1) is 14.4. The zero-order chi connectivity index (χ0) is 21.3. The van der Waals surface area contributed by atoms with Gasteiger partial charge in [-0.25, -0.2) is 0 Å². The van der Waals surface area contributed by atoms with Crippen LogP contribution in [0.25, 0.3) is 5.69 Å². The van der Waals surface area contributed by atoms with Crippen LogP contribution >= 0.6 is 11.6 Å². The van der Waals surface area contributed by atoms with Crippen molar-refractivity contribution >= 4 is 23.4 Å². The van der Waals surface area contributed by atoms with Crippen molar-refractivity contribution in [3.63, 3.8) is 0 Å². The summed E-state index contributed by atoms with van der Waals surface area (Å²) in [5.41, 5.74) is 7.76. The first-order valence-electron chi connectivity index (χ1n) is 9.37. The minimum Gasteiger partial charge on any atom is -0.485 e. The molecule has 0 saturated heterocycles. The van der Waals surface area contributed by atoms with Gasteiger partial charge in [0.2, 0.25) is 6.10 Å². The Balaban J connectivity index is 1.44. The van der Waals surface area contributed by atoms with Crippen LogP contribution < -0.4 is 20.3 Å². The number of carbonyl (C=O) groups is 2. The lowest BCUT2D eigenvalue weighted by Crippen LogP contribution is -2.50. The molecule has 1 atom stereocenters. The Hall–Kier alpha value is -3.45. The molecule has 2 amide bonds. The van der Waals surface area contributed by atoms with Crippen molar-refractivity contribution in [2.45, 2.75) is 20.0 Å². The highest BCUT2D eigenvalue weighted by molar-refractivity contribution is 6.30. The van der Waals surface area contributed by atoms with Crippen LogP contribution in [0.2, 0.25) is 5.02 Å². The van der Waals surface area contributed by atoms with E-state index < -0.39 is 17.9 Å². The largest absolute Gasteiger partial charge is 0.485 e. The van der Waals surface area contributed by atoms with Crippen LogP contribution in [0, 0.1) is 13.8 Å². The SMILES string of the molecule is Cc1cc(C(=O)NNC(=O)C2COc3ccccc3O2)c(C)n1-c1cccc(Cl)c1. The minimum atomic E-state index is -0.862. The quantitative estimate of drug-likeness (QED) is 0.630. The van der Waals surface area contributed by atoms with E-state index >= 15 is 0 Å². The van der Waals surface area contributed by atoms with Crippen LogP contribution in [-0.4, -0.2) is 29.1 Å². The number of aryl methyl sites for hydroxylation is 1. The van der Waals surface area contributed by atoms with Crippen LogP contribution in [0.1, 0.15) is 21.7 Å². The van der Waals surface area contributed by atoms with Crippen molar-refractivity contribution < 1.29 is 19.1 Å². The molecule has 154 valence electrons. The van der Waals surface area contributed by atoms with Crippen LogP contribution in [0.3, 0.4) is 0 Å². The van der Waals surface area contributed by atoms with E-state index in [-0.39, 0.29) is 6.61 Å². The number of carbonyl (C=O) groups excluding carboxylic acids is 2. The lowest BCUT2D eigenvalue weighted by molar-refractivity contribution is -0.131. The lowest BCUT2D eigenvalue weighted by Gasteiger charge is -2.25. The number of rotatable bonds is 3. The molecule has 0 aliphatic carbocycles. The second kappa shape index (κ2) is 8.12. The molecule has 4 rings (SSSR count). The Morgan fingerprint density at radius 2 is 1.80 bits per heavy atom. The van der Waals surface area contributed by atoms with Gasteiger partial charge in [-0.05, 0) is 50.2 Å². The van der Waals surface area contributed by atoms with Gasteiger partial charge in [0.15, 0.2) is 11.5 Å². The standard InChI is InChI=1S/C22H20ClN3O4/c1-13-10-17(14(2)26(13)16-7-5-6-15(23)11-16)21(27)24-25-22(28)20-12-29-18-8-3-4-9-19(18)30-20/h3-11,20H,12H2,1-2H3,(H,24,27)(H,25,28). The van der Waals surface area contributed by atoms with Gasteiger partial charge in [0.25, 0.3) is 11.8 Å².